The van der Waals surface area contributed by atoms with E-state index in [1.54, 1.807) is 0 Å². The third-order valence-electron chi connectivity index (χ3n) is 1.87. The molecule has 1 aromatic heterocycles. The fraction of sp³-hybridized carbons (Fsp3) is 0.375. The second kappa shape index (κ2) is 3.61. The lowest BCUT2D eigenvalue weighted by Crippen LogP contribution is -2.28. The Bertz CT molecular complexity index is 351. The van der Waals surface area contributed by atoms with Crippen molar-refractivity contribution in [2.75, 3.05) is 13.2 Å². The monoisotopic (exact) mass is 217 g/mol. The minimum atomic E-state index is -0.635. The number of β-amino-alcohol motifs (C(OH)–C–C–N with tert-alkyl or cyclic N) is 1. The first-order valence-corrected chi connectivity index (χ1v) is 4.42. The molecular weight excluding hydrogens is 210 g/mol. The number of aliphatic hydroxyl groups excluding tert-OH is 1. The van der Waals surface area contributed by atoms with Gasteiger partial charge in [-0.05, 0) is 17.7 Å². The minimum Gasteiger partial charge on any atom is -0.452 e. The summed E-state index contributed by atoms with van der Waals surface area (Å²) >= 11 is 5.62. The number of hydrogen-bond acceptors (Lipinski definition) is 4. The zero-order valence-corrected chi connectivity index (χ0v) is 7.90. The van der Waals surface area contributed by atoms with Gasteiger partial charge in [0.1, 0.15) is 12.7 Å². The Hall–Kier alpha value is -1.04. The topological polar surface area (TPSA) is 62.9 Å². The Morgan fingerprint density at radius 3 is 3.00 bits per heavy atom. The Morgan fingerprint density at radius 1 is 1.71 bits per heavy atom. The normalized spacial score (nSPS) is 21.6. The van der Waals surface area contributed by atoms with E-state index < -0.39 is 12.0 Å². The average Bonchev–Trinajstić information content (AvgIpc) is 2.73. The first-order chi connectivity index (χ1) is 6.68. The largest absolute Gasteiger partial charge is 0.452 e. The molecule has 0 spiro atoms. The van der Waals surface area contributed by atoms with Gasteiger partial charge in [-0.2, -0.15) is 0 Å². The number of carbonyl (C=O) groups is 1. The zero-order chi connectivity index (χ0) is 10.1. The predicted molar refractivity (Wildman–Crippen MR) is 46.7 cm³/mol. The molecule has 1 N–H and O–H groups in total. The molecule has 0 saturated carbocycles. The van der Waals surface area contributed by atoms with Crippen molar-refractivity contribution in [3.63, 3.8) is 0 Å². The molecule has 1 fully saturated rings. The molecule has 1 amide bonds. The van der Waals surface area contributed by atoms with Crippen LogP contribution in [-0.2, 0) is 4.84 Å². The van der Waals surface area contributed by atoms with Crippen LogP contribution in [0.2, 0.25) is 5.22 Å². The molecule has 2 heterocycles. The number of furan rings is 1. The number of nitrogens with zero attached hydrogens (tertiary/aromatic N) is 1. The number of rotatable bonds is 1. The van der Waals surface area contributed by atoms with Crippen LogP contribution in [0, 0.1) is 0 Å². The van der Waals surface area contributed by atoms with Gasteiger partial charge in [0, 0.05) is 0 Å². The van der Waals surface area contributed by atoms with E-state index in [4.69, 9.17) is 26.0 Å². The van der Waals surface area contributed by atoms with Crippen molar-refractivity contribution < 1.29 is 19.2 Å². The summed E-state index contributed by atoms with van der Waals surface area (Å²) in [5.41, 5.74) is 0.237. The molecule has 1 aromatic rings. The third kappa shape index (κ3) is 1.61. The Kier molecular flexibility index (Phi) is 2.45. The summed E-state index contributed by atoms with van der Waals surface area (Å²) in [4.78, 5) is 16.6. The number of amides is 1. The van der Waals surface area contributed by atoms with Gasteiger partial charge in [-0.3, -0.25) is 9.63 Å². The molecular formula is C8H8ClNO4. The second-order valence-electron chi connectivity index (χ2n) is 2.92. The molecule has 2 rings (SSSR count). The van der Waals surface area contributed by atoms with Crippen LogP contribution in [0.3, 0.4) is 0 Å². The summed E-state index contributed by atoms with van der Waals surface area (Å²) in [6.07, 6.45) is 0.687. The number of halogens is 1. The minimum absolute atomic E-state index is 0.0278. The van der Waals surface area contributed by atoms with Gasteiger partial charge in [0.05, 0.1) is 18.4 Å². The van der Waals surface area contributed by atoms with Crippen LogP contribution in [0.4, 0.5) is 0 Å². The van der Waals surface area contributed by atoms with Gasteiger partial charge in [-0.25, -0.2) is 5.06 Å². The van der Waals surface area contributed by atoms with Crippen LogP contribution in [0.1, 0.15) is 10.4 Å². The van der Waals surface area contributed by atoms with Crippen molar-refractivity contribution in [2.24, 2.45) is 0 Å². The molecule has 0 aliphatic carbocycles. The fourth-order valence-corrected chi connectivity index (χ4v) is 1.39. The molecule has 0 aromatic carbocycles. The number of hydrogen-bond donors (Lipinski definition) is 1. The summed E-state index contributed by atoms with van der Waals surface area (Å²) in [7, 11) is 0. The van der Waals surface area contributed by atoms with Gasteiger partial charge in [0.2, 0.25) is 5.22 Å². The first-order valence-electron chi connectivity index (χ1n) is 4.04. The van der Waals surface area contributed by atoms with E-state index in [9.17, 15) is 4.79 Å². The van der Waals surface area contributed by atoms with E-state index in [1.807, 2.05) is 0 Å². The molecule has 1 atom stereocenters. The van der Waals surface area contributed by atoms with E-state index in [1.165, 1.54) is 12.3 Å². The van der Waals surface area contributed by atoms with E-state index in [0.717, 1.165) is 5.06 Å². The number of carbonyl (C=O) groups excluding carboxylic acids is 1. The highest BCUT2D eigenvalue weighted by Gasteiger charge is 2.28. The summed E-state index contributed by atoms with van der Waals surface area (Å²) in [5.74, 6) is -0.402. The van der Waals surface area contributed by atoms with Crippen LogP contribution in [0.15, 0.2) is 16.7 Å². The third-order valence-corrected chi connectivity index (χ3v) is 2.17. The quantitative estimate of drug-likeness (QED) is 0.752. The molecule has 76 valence electrons. The maximum absolute atomic E-state index is 11.6. The molecule has 1 aliphatic heterocycles. The van der Waals surface area contributed by atoms with Gasteiger partial charge in [-0.1, -0.05) is 0 Å². The van der Waals surface area contributed by atoms with E-state index in [2.05, 4.69) is 0 Å². The van der Waals surface area contributed by atoms with E-state index in [0.29, 0.717) is 0 Å². The second-order valence-corrected chi connectivity index (χ2v) is 3.27. The Morgan fingerprint density at radius 2 is 2.50 bits per heavy atom. The summed E-state index contributed by atoms with van der Waals surface area (Å²) in [6.45, 7) is 0.279. The van der Waals surface area contributed by atoms with Gasteiger partial charge >= 0.3 is 0 Å². The van der Waals surface area contributed by atoms with Crippen LogP contribution in [0.5, 0.6) is 0 Å². The molecule has 5 nitrogen and oxygen atoms in total. The highest BCUT2D eigenvalue weighted by atomic mass is 35.5. The van der Waals surface area contributed by atoms with Crippen LogP contribution < -0.4 is 0 Å². The van der Waals surface area contributed by atoms with Crippen molar-refractivity contribution in [3.8, 4) is 0 Å². The van der Waals surface area contributed by atoms with Crippen molar-refractivity contribution >= 4 is 17.5 Å². The summed E-state index contributed by atoms with van der Waals surface area (Å²) < 4.78 is 4.77. The molecule has 0 bridgehead atoms. The SMILES string of the molecule is O=C(c1ccoc1Cl)N1C[C@H](O)CO1. The summed E-state index contributed by atoms with van der Waals surface area (Å²) in [6, 6.07) is 1.46. The van der Waals surface area contributed by atoms with Crippen LogP contribution >= 0.6 is 11.6 Å². The van der Waals surface area contributed by atoms with Crippen LogP contribution in [0.25, 0.3) is 0 Å². The van der Waals surface area contributed by atoms with Gasteiger partial charge in [-0.15, -0.1) is 0 Å². The Balaban J connectivity index is 2.13. The van der Waals surface area contributed by atoms with Gasteiger partial charge < -0.3 is 9.52 Å². The van der Waals surface area contributed by atoms with E-state index >= 15 is 0 Å². The molecule has 0 radical (unpaired) electrons. The number of hydroxylamine groups is 2. The smallest absolute Gasteiger partial charge is 0.282 e. The van der Waals surface area contributed by atoms with Crippen molar-refractivity contribution in [1.29, 1.82) is 0 Å². The van der Waals surface area contributed by atoms with Crippen molar-refractivity contribution in [3.05, 3.63) is 23.1 Å². The average molecular weight is 218 g/mol. The summed E-state index contributed by atoms with van der Waals surface area (Å²) in [5, 5.41) is 10.2. The predicted octanol–water partition coefficient (Wildman–Crippen LogP) is 0.681. The standard InChI is InChI=1S/C8H8ClNO4/c9-7-6(1-2-13-7)8(12)10-3-5(11)4-14-10/h1-2,5,11H,3-4H2/t5-/m0/s1. The maximum atomic E-state index is 11.6. The highest BCUT2D eigenvalue weighted by Crippen LogP contribution is 2.20. The fourth-order valence-electron chi connectivity index (χ4n) is 1.19. The zero-order valence-electron chi connectivity index (χ0n) is 7.14. The van der Waals surface area contributed by atoms with Crippen molar-refractivity contribution in [2.45, 2.75) is 6.10 Å². The maximum Gasteiger partial charge on any atom is 0.282 e. The van der Waals surface area contributed by atoms with Crippen molar-refractivity contribution in [1.82, 2.24) is 5.06 Å². The Labute approximate surface area is 84.8 Å². The molecule has 14 heavy (non-hydrogen) atoms. The molecule has 1 aliphatic rings. The highest BCUT2D eigenvalue weighted by molar-refractivity contribution is 6.32. The lowest BCUT2D eigenvalue weighted by atomic mass is 10.3. The van der Waals surface area contributed by atoms with E-state index in [-0.39, 0.29) is 23.9 Å². The lowest BCUT2D eigenvalue weighted by molar-refractivity contribution is -0.0780. The lowest BCUT2D eigenvalue weighted by Gasteiger charge is -2.12. The molecule has 6 heteroatoms. The molecule has 1 saturated heterocycles. The van der Waals surface area contributed by atoms with Crippen LogP contribution in [-0.4, -0.2) is 35.3 Å². The number of aliphatic hydroxyl groups is 1. The molecule has 0 unspecified atom stereocenters. The van der Waals surface area contributed by atoms with Gasteiger partial charge in [0.15, 0.2) is 0 Å². The first kappa shape index (κ1) is 9.51. The van der Waals surface area contributed by atoms with Gasteiger partial charge in [0.25, 0.3) is 5.91 Å².